The molecule has 0 aliphatic heterocycles. The number of aliphatic hydroxyl groups excluding tert-OH is 1. The molecule has 0 aromatic heterocycles. The van der Waals surface area contributed by atoms with Crippen LogP contribution in [0.5, 0.6) is 0 Å². The van der Waals surface area contributed by atoms with E-state index in [-0.39, 0.29) is 12.6 Å². The molecule has 0 saturated heterocycles. The van der Waals surface area contributed by atoms with Crippen molar-refractivity contribution in [1.82, 2.24) is 0 Å². The van der Waals surface area contributed by atoms with Gasteiger partial charge in [0, 0.05) is 11.6 Å². The molecule has 1 rings (SSSR count). The Balaban J connectivity index is 0.000000631. The van der Waals surface area contributed by atoms with Gasteiger partial charge in [-0.2, -0.15) is 0 Å². The number of nitrogens with two attached hydrogens (primary N) is 3. The van der Waals surface area contributed by atoms with Crippen LogP contribution in [0.15, 0.2) is 24.3 Å². The summed E-state index contributed by atoms with van der Waals surface area (Å²) in [5, 5.41) is 16.0. The predicted molar refractivity (Wildman–Crippen MR) is 65.9 cm³/mol. The van der Waals surface area contributed by atoms with E-state index in [4.69, 9.17) is 26.5 Å². The molecule has 1 unspecified atom stereocenters. The van der Waals surface area contributed by atoms with Crippen LogP contribution in [0.25, 0.3) is 0 Å². The van der Waals surface area contributed by atoms with E-state index in [0.717, 1.165) is 5.56 Å². The quantitative estimate of drug-likeness (QED) is 0.480. The van der Waals surface area contributed by atoms with Gasteiger partial charge in [0.2, 0.25) is 5.91 Å². The molecule has 0 heterocycles. The van der Waals surface area contributed by atoms with Gasteiger partial charge < -0.3 is 27.4 Å². The average Bonchev–Trinajstić information content (AvgIpc) is 2.28. The number of aliphatic hydroxyl groups is 1. The van der Waals surface area contributed by atoms with Gasteiger partial charge in [-0.15, -0.1) is 0 Å². The lowest BCUT2D eigenvalue weighted by Gasteiger charge is -2.10. The highest BCUT2D eigenvalue weighted by Crippen LogP contribution is 2.09. The number of carbonyl (C=O) groups is 2. The second-order valence-electron chi connectivity index (χ2n) is 3.51. The number of carboxylic acid groups (broad SMARTS) is 1. The molecule has 0 saturated carbocycles. The summed E-state index contributed by atoms with van der Waals surface area (Å²) in [6, 6.07) is 6.65. The number of hydrogen-bond acceptors (Lipinski definition) is 4. The highest BCUT2D eigenvalue weighted by Gasteiger charge is 2.09. The third-order valence-corrected chi connectivity index (χ3v) is 2.00. The molecule has 18 heavy (non-hydrogen) atoms. The summed E-state index contributed by atoms with van der Waals surface area (Å²) >= 11 is 0. The van der Waals surface area contributed by atoms with Crippen LogP contribution in [0.3, 0.4) is 0 Å². The SMILES string of the molecule is NC(=O)O.NC(=O)c1ccccc1CC(N)CO. The molecular weight excluding hydrogens is 238 g/mol. The number of amides is 2. The zero-order valence-electron chi connectivity index (χ0n) is 9.74. The Bertz CT molecular complexity index is 405. The fraction of sp³-hybridized carbons (Fsp3) is 0.273. The van der Waals surface area contributed by atoms with Crippen molar-refractivity contribution in [2.24, 2.45) is 17.2 Å². The third-order valence-electron chi connectivity index (χ3n) is 2.00. The molecule has 8 N–H and O–H groups in total. The Kier molecular flexibility index (Phi) is 7.10. The summed E-state index contributed by atoms with van der Waals surface area (Å²) in [4.78, 5) is 19.8. The highest BCUT2D eigenvalue weighted by molar-refractivity contribution is 5.94. The van der Waals surface area contributed by atoms with E-state index < -0.39 is 12.0 Å². The monoisotopic (exact) mass is 255 g/mol. The Morgan fingerprint density at radius 1 is 1.22 bits per heavy atom. The highest BCUT2D eigenvalue weighted by atomic mass is 16.4. The van der Waals surface area contributed by atoms with Crippen molar-refractivity contribution >= 4 is 12.0 Å². The molecule has 1 aromatic carbocycles. The van der Waals surface area contributed by atoms with Gasteiger partial charge in [0.25, 0.3) is 0 Å². The molecule has 2 amide bonds. The normalized spacial score (nSPS) is 11.0. The molecule has 0 bridgehead atoms. The van der Waals surface area contributed by atoms with Gasteiger partial charge in [0.15, 0.2) is 0 Å². The first-order valence-corrected chi connectivity index (χ1v) is 5.11. The standard InChI is InChI=1S/C10H14N2O2.CH3NO2/c11-8(6-13)5-7-3-1-2-4-9(7)10(12)14;2-1(3)4/h1-4,8,13H,5-6,11H2,(H2,12,14);2H2,(H,3,4). The maximum atomic E-state index is 11.0. The minimum atomic E-state index is -1.33. The van der Waals surface area contributed by atoms with Crippen LogP contribution in [0.4, 0.5) is 4.79 Å². The zero-order chi connectivity index (χ0) is 14.1. The van der Waals surface area contributed by atoms with Crippen LogP contribution >= 0.6 is 0 Å². The lowest BCUT2D eigenvalue weighted by molar-refractivity contribution is 0.0999. The lowest BCUT2D eigenvalue weighted by atomic mass is 10.0. The minimum absolute atomic E-state index is 0.104. The summed E-state index contributed by atoms with van der Waals surface area (Å²) < 4.78 is 0. The Morgan fingerprint density at radius 2 is 1.72 bits per heavy atom. The smallest absolute Gasteiger partial charge is 0.402 e. The first kappa shape index (κ1) is 15.9. The Labute approximate surface area is 104 Å². The van der Waals surface area contributed by atoms with Crippen molar-refractivity contribution in [2.75, 3.05) is 6.61 Å². The second kappa shape index (κ2) is 8.04. The topological polar surface area (TPSA) is 153 Å². The molecular formula is C11H17N3O4. The molecule has 0 radical (unpaired) electrons. The fourth-order valence-corrected chi connectivity index (χ4v) is 1.29. The Hall–Kier alpha value is -2.12. The third kappa shape index (κ3) is 6.46. The molecule has 1 atom stereocenters. The van der Waals surface area contributed by atoms with Crippen molar-refractivity contribution in [2.45, 2.75) is 12.5 Å². The van der Waals surface area contributed by atoms with Gasteiger partial charge in [-0.25, -0.2) is 4.79 Å². The van der Waals surface area contributed by atoms with Crippen LogP contribution in [-0.4, -0.2) is 34.9 Å². The van der Waals surface area contributed by atoms with E-state index in [2.05, 4.69) is 5.73 Å². The summed E-state index contributed by atoms with van der Waals surface area (Å²) in [7, 11) is 0. The maximum Gasteiger partial charge on any atom is 0.402 e. The van der Waals surface area contributed by atoms with E-state index in [1.54, 1.807) is 18.2 Å². The molecule has 100 valence electrons. The van der Waals surface area contributed by atoms with Gasteiger partial charge in [-0.1, -0.05) is 18.2 Å². The molecule has 7 heteroatoms. The molecule has 0 aliphatic carbocycles. The van der Waals surface area contributed by atoms with Crippen LogP contribution < -0.4 is 17.2 Å². The van der Waals surface area contributed by atoms with Crippen molar-refractivity contribution < 1.29 is 19.8 Å². The van der Waals surface area contributed by atoms with Crippen molar-refractivity contribution in [3.05, 3.63) is 35.4 Å². The summed E-state index contributed by atoms with van der Waals surface area (Å²) in [5.74, 6) is -0.467. The first-order valence-electron chi connectivity index (χ1n) is 5.11. The van der Waals surface area contributed by atoms with Gasteiger partial charge in [-0.05, 0) is 18.1 Å². The summed E-state index contributed by atoms with van der Waals surface area (Å²) in [6.45, 7) is -0.104. The van der Waals surface area contributed by atoms with Gasteiger partial charge >= 0.3 is 6.09 Å². The molecule has 7 nitrogen and oxygen atoms in total. The van der Waals surface area contributed by atoms with E-state index in [1.165, 1.54) is 0 Å². The van der Waals surface area contributed by atoms with Crippen molar-refractivity contribution in [3.63, 3.8) is 0 Å². The van der Waals surface area contributed by atoms with E-state index >= 15 is 0 Å². The van der Waals surface area contributed by atoms with Crippen LogP contribution in [-0.2, 0) is 6.42 Å². The van der Waals surface area contributed by atoms with Gasteiger partial charge in [0.1, 0.15) is 0 Å². The van der Waals surface area contributed by atoms with Crippen molar-refractivity contribution in [3.8, 4) is 0 Å². The predicted octanol–water partition coefficient (Wildman–Crippen LogP) is -0.729. The van der Waals surface area contributed by atoms with Gasteiger partial charge in [-0.3, -0.25) is 4.79 Å². The number of hydrogen-bond donors (Lipinski definition) is 5. The fourth-order valence-electron chi connectivity index (χ4n) is 1.29. The average molecular weight is 255 g/mol. The van der Waals surface area contributed by atoms with Gasteiger partial charge in [0.05, 0.1) is 6.61 Å². The molecule has 0 aliphatic rings. The maximum absolute atomic E-state index is 11.0. The van der Waals surface area contributed by atoms with E-state index in [0.29, 0.717) is 12.0 Å². The molecule has 0 spiro atoms. The van der Waals surface area contributed by atoms with Crippen LogP contribution in [0.1, 0.15) is 15.9 Å². The zero-order valence-corrected chi connectivity index (χ0v) is 9.74. The Morgan fingerprint density at radius 3 is 2.17 bits per heavy atom. The van der Waals surface area contributed by atoms with Crippen LogP contribution in [0.2, 0.25) is 0 Å². The summed E-state index contributed by atoms with van der Waals surface area (Å²) in [6.07, 6.45) is -0.879. The number of benzene rings is 1. The lowest BCUT2D eigenvalue weighted by Crippen LogP contribution is -2.28. The number of primary amides is 2. The first-order chi connectivity index (χ1) is 8.38. The second-order valence-corrected chi connectivity index (χ2v) is 3.51. The van der Waals surface area contributed by atoms with E-state index in [9.17, 15) is 4.79 Å². The molecule has 0 fully saturated rings. The van der Waals surface area contributed by atoms with Crippen LogP contribution in [0, 0.1) is 0 Å². The largest absolute Gasteiger partial charge is 0.465 e. The number of rotatable bonds is 4. The summed E-state index contributed by atoms with van der Waals surface area (Å²) in [5.41, 5.74) is 16.0. The number of carbonyl (C=O) groups excluding carboxylic acids is 1. The minimum Gasteiger partial charge on any atom is -0.465 e. The van der Waals surface area contributed by atoms with E-state index in [1.807, 2.05) is 6.07 Å². The van der Waals surface area contributed by atoms with Crippen molar-refractivity contribution in [1.29, 1.82) is 0 Å². The molecule has 1 aromatic rings.